The van der Waals surface area contributed by atoms with Crippen LogP contribution in [0.15, 0.2) is 0 Å². The van der Waals surface area contributed by atoms with E-state index in [1.54, 1.807) is 0 Å². The summed E-state index contributed by atoms with van der Waals surface area (Å²) in [4.78, 5) is 13.4. The van der Waals surface area contributed by atoms with Gasteiger partial charge in [0.25, 0.3) is 0 Å². The number of ether oxygens (including phenoxy) is 1. The minimum absolute atomic E-state index is 0.0859. The molecule has 0 aliphatic heterocycles. The van der Waals surface area contributed by atoms with E-state index < -0.39 is 0 Å². The van der Waals surface area contributed by atoms with Gasteiger partial charge in [0.15, 0.2) is 0 Å². The molecular weight excluding hydrogens is 178 g/mol. The molecule has 0 unspecified atom stereocenters. The summed E-state index contributed by atoms with van der Waals surface area (Å²) in [6.07, 6.45) is 5.39. The van der Waals surface area contributed by atoms with Crippen LogP contribution in [0.1, 0.15) is 39.0 Å². The Kier molecular flexibility index (Phi) is 4.94. The fraction of sp³-hybridized carbons (Fsp3) is 0.909. The highest BCUT2D eigenvalue weighted by Gasteiger charge is 2.27. The molecule has 0 spiro atoms. The third-order valence-corrected chi connectivity index (χ3v) is 2.63. The molecule has 14 heavy (non-hydrogen) atoms. The van der Waals surface area contributed by atoms with Crippen molar-refractivity contribution < 1.29 is 9.53 Å². The molecule has 82 valence electrons. The molecule has 0 radical (unpaired) electrons. The van der Waals surface area contributed by atoms with E-state index in [9.17, 15) is 4.79 Å². The summed E-state index contributed by atoms with van der Waals surface area (Å²) < 4.78 is 4.61. The third kappa shape index (κ3) is 4.09. The molecule has 0 aromatic heterocycles. The lowest BCUT2D eigenvalue weighted by Gasteiger charge is -2.20. The highest BCUT2D eigenvalue weighted by Crippen LogP contribution is 2.27. The van der Waals surface area contributed by atoms with Gasteiger partial charge in [0.1, 0.15) is 0 Å². The molecule has 1 rings (SSSR count). The molecule has 1 aliphatic carbocycles. The predicted molar refractivity (Wildman–Crippen MR) is 56.1 cm³/mol. The molecule has 0 bridgehead atoms. The van der Waals surface area contributed by atoms with Gasteiger partial charge in [0, 0.05) is 12.5 Å². The van der Waals surface area contributed by atoms with Crippen LogP contribution in [0, 0.1) is 0 Å². The van der Waals surface area contributed by atoms with Crippen molar-refractivity contribution in [3.05, 3.63) is 0 Å². The van der Waals surface area contributed by atoms with Crippen LogP contribution in [-0.2, 0) is 9.53 Å². The Morgan fingerprint density at radius 1 is 1.43 bits per heavy atom. The van der Waals surface area contributed by atoms with E-state index in [0.717, 1.165) is 19.0 Å². The van der Waals surface area contributed by atoms with Crippen LogP contribution in [0.5, 0.6) is 0 Å². The molecular formula is C11H21NO2. The molecule has 3 heteroatoms. The zero-order valence-corrected chi connectivity index (χ0v) is 9.29. The largest absolute Gasteiger partial charge is 0.469 e. The molecule has 1 saturated carbocycles. The monoisotopic (exact) mass is 199 g/mol. The fourth-order valence-corrected chi connectivity index (χ4v) is 1.73. The quantitative estimate of drug-likeness (QED) is 0.586. The van der Waals surface area contributed by atoms with Gasteiger partial charge in [-0.3, -0.25) is 4.79 Å². The van der Waals surface area contributed by atoms with Crippen molar-refractivity contribution in [2.75, 3.05) is 20.2 Å². The van der Waals surface area contributed by atoms with Crippen LogP contribution in [-0.4, -0.2) is 37.1 Å². The second-order valence-electron chi connectivity index (χ2n) is 3.95. The lowest BCUT2D eigenvalue weighted by atomic mass is 10.2. The van der Waals surface area contributed by atoms with Gasteiger partial charge < -0.3 is 9.64 Å². The summed E-state index contributed by atoms with van der Waals surface area (Å²) in [7, 11) is 1.45. The van der Waals surface area contributed by atoms with Gasteiger partial charge in [-0.2, -0.15) is 0 Å². The van der Waals surface area contributed by atoms with Gasteiger partial charge in [0.2, 0.25) is 0 Å². The summed E-state index contributed by atoms with van der Waals surface area (Å²) in [6.45, 7) is 4.43. The second kappa shape index (κ2) is 6.02. The third-order valence-electron chi connectivity index (χ3n) is 2.63. The van der Waals surface area contributed by atoms with Crippen molar-refractivity contribution in [3.63, 3.8) is 0 Å². The Labute approximate surface area is 86.4 Å². The van der Waals surface area contributed by atoms with E-state index in [0.29, 0.717) is 6.42 Å². The maximum atomic E-state index is 10.9. The molecule has 0 atom stereocenters. The molecule has 0 saturated heterocycles. The molecule has 0 N–H and O–H groups in total. The van der Waals surface area contributed by atoms with E-state index in [2.05, 4.69) is 16.6 Å². The first-order chi connectivity index (χ1) is 6.77. The highest BCUT2D eigenvalue weighted by atomic mass is 16.5. The average molecular weight is 199 g/mol. The van der Waals surface area contributed by atoms with Crippen LogP contribution in [0.4, 0.5) is 0 Å². The number of carbonyl (C=O) groups excluding carboxylic acids is 1. The van der Waals surface area contributed by atoms with Crippen molar-refractivity contribution in [3.8, 4) is 0 Å². The van der Waals surface area contributed by atoms with Crippen LogP contribution >= 0.6 is 0 Å². The van der Waals surface area contributed by atoms with Gasteiger partial charge in [-0.25, -0.2) is 0 Å². The van der Waals surface area contributed by atoms with Crippen LogP contribution in [0.2, 0.25) is 0 Å². The molecule has 0 aromatic carbocycles. The van der Waals surface area contributed by atoms with E-state index in [1.165, 1.54) is 32.9 Å². The Morgan fingerprint density at radius 3 is 2.64 bits per heavy atom. The normalized spacial score (nSPS) is 15.9. The standard InChI is InChI=1S/C11H21NO2/c1-3-8-12(10-6-7-10)9-4-5-11(13)14-2/h10H,3-9H2,1-2H3. The Bertz CT molecular complexity index is 178. The van der Waals surface area contributed by atoms with Gasteiger partial charge in [-0.05, 0) is 38.8 Å². The second-order valence-corrected chi connectivity index (χ2v) is 3.95. The molecule has 1 aliphatic rings. The number of hydrogen-bond acceptors (Lipinski definition) is 3. The van der Waals surface area contributed by atoms with Crippen molar-refractivity contribution in [2.24, 2.45) is 0 Å². The number of nitrogens with zero attached hydrogens (tertiary/aromatic N) is 1. The van der Waals surface area contributed by atoms with Gasteiger partial charge in [-0.15, -0.1) is 0 Å². The van der Waals surface area contributed by atoms with Gasteiger partial charge in [-0.1, -0.05) is 6.92 Å². The van der Waals surface area contributed by atoms with Crippen LogP contribution in [0.3, 0.4) is 0 Å². The summed E-state index contributed by atoms with van der Waals surface area (Å²) in [5, 5.41) is 0. The summed E-state index contributed by atoms with van der Waals surface area (Å²) >= 11 is 0. The molecule has 3 nitrogen and oxygen atoms in total. The number of hydrogen-bond donors (Lipinski definition) is 0. The Hall–Kier alpha value is -0.570. The number of methoxy groups -OCH3 is 1. The lowest BCUT2D eigenvalue weighted by molar-refractivity contribution is -0.140. The SMILES string of the molecule is CCCN(CCCC(=O)OC)C1CC1. The minimum atomic E-state index is -0.0859. The van der Waals surface area contributed by atoms with E-state index in [4.69, 9.17) is 0 Å². The summed E-state index contributed by atoms with van der Waals surface area (Å²) in [6, 6.07) is 0.813. The van der Waals surface area contributed by atoms with Gasteiger partial charge >= 0.3 is 5.97 Å². The maximum absolute atomic E-state index is 10.9. The highest BCUT2D eigenvalue weighted by molar-refractivity contribution is 5.69. The van der Waals surface area contributed by atoms with E-state index >= 15 is 0 Å². The lowest BCUT2D eigenvalue weighted by Crippen LogP contribution is -2.28. The van der Waals surface area contributed by atoms with Crippen LogP contribution < -0.4 is 0 Å². The predicted octanol–water partition coefficient (Wildman–Crippen LogP) is 1.81. The Balaban J connectivity index is 2.10. The van der Waals surface area contributed by atoms with Gasteiger partial charge in [0.05, 0.1) is 7.11 Å². The van der Waals surface area contributed by atoms with E-state index in [-0.39, 0.29) is 5.97 Å². The molecule has 0 aromatic rings. The summed E-state index contributed by atoms with van der Waals surface area (Å²) in [5.41, 5.74) is 0. The van der Waals surface area contributed by atoms with E-state index in [1.807, 2.05) is 0 Å². The fourth-order valence-electron chi connectivity index (χ4n) is 1.73. The van der Waals surface area contributed by atoms with Crippen molar-refractivity contribution in [1.29, 1.82) is 0 Å². The number of rotatable bonds is 7. The zero-order valence-electron chi connectivity index (χ0n) is 9.29. The number of esters is 1. The van der Waals surface area contributed by atoms with Crippen molar-refractivity contribution >= 4 is 5.97 Å². The maximum Gasteiger partial charge on any atom is 0.305 e. The molecule has 0 amide bonds. The average Bonchev–Trinajstić information content (AvgIpc) is 2.99. The van der Waals surface area contributed by atoms with Crippen molar-refractivity contribution in [1.82, 2.24) is 4.90 Å². The molecule has 1 fully saturated rings. The first-order valence-electron chi connectivity index (χ1n) is 5.58. The van der Waals surface area contributed by atoms with Crippen LogP contribution in [0.25, 0.3) is 0 Å². The topological polar surface area (TPSA) is 29.5 Å². The molecule has 0 heterocycles. The number of carbonyl (C=O) groups is 1. The first-order valence-corrected chi connectivity index (χ1v) is 5.58. The first kappa shape index (κ1) is 11.5. The summed E-state index contributed by atoms with van der Waals surface area (Å²) in [5.74, 6) is -0.0859. The minimum Gasteiger partial charge on any atom is -0.469 e. The smallest absolute Gasteiger partial charge is 0.305 e. The van der Waals surface area contributed by atoms with Crippen molar-refractivity contribution in [2.45, 2.75) is 45.1 Å². The zero-order chi connectivity index (χ0) is 10.4. The Morgan fingerprint density at radius 2 is 2.14 bits per heavy atom.